The quantitative estimate of drug-likeness (QED) is 0.160. The van der Waals surface area contributed by atoms with E-state index >= 15 is 0 Å². The number of carbonyl (C=O) groups is 2. The van der Waals surface area contributed by atoms with E-state index in [0.29, 0.717) is 11.3 Å². The lowest BCUT2D eigenvalue weighted by Crippen LogP contribution is -2.18. The van der Waals surface area contributed by atoms with Crippen LogP contribution in [0.15, 0.2) is 95.9 Å². The number of hydroxylamine groups is 1. The van der Waals surface area contributed by atoms with Crippen molar-refractivity contribution in [3.8, 4) is 0 Å². The molecular formula is C28H35N3O3. The summed E-state index contributed by atoms with van der Waals surface area (Å²) in [6, 6.07) is 5.38. The van der Waals surface area contributed by atoms with Crippen LogP contribution in [-0.2, 0) is 18.3 Å². The molecule has 2 rings (SSSR count). The van der Waals surface area contributed by atoms with E-state index in [1.165, 1.54) is 0 Å². The fourth-order valence-electron chi connectivity index (χ4n) is 3.09. The molecule has 0 saturated heterocycles. The van der Waals surface area contributed by atoms with Gasteiger partial charge in [-0.25, -0.2) is 5.48 Å². The number of nitrogens with one attached hydrogen (secondary N) is 1. The van der Waals surface area contributed by atoms with Crippen molar-refractivity contribution in [3.05, 3.63) is 107 Å². The summed E-state index contributed by atoms with van der Waals surface area (Å²) in [7, 11) is 1.97. The smallest absolute Gasteiger partial charge is 0.274 e. The molecule has 2 aromatic rings. The molecule has 1 amide bonds. The summed E-state index contributed by atoms with van der Waals surface area (Å²) in [6.45, 7) is 7.68. The predicted octanol–water partition coefficient (Wildman–Crippen LogP) is 5.47. The van der Waals surface area contributed by atoms with Crippen molar-refractivity contribution in [1.82, 2.24) is 10.0 Å². The Bertz CT molecular complexity index is 1160. The number of hydrogen-bond donors (Lipinski definition) is 3. The lowest BCUT2D eigenvalue weighted by Gasteiger charge is -2.03. The first kappa shape index (κ1) is 28.1. The molecule has 0 bridgehead atoms. The third kappa shape index (κ3) is 9.30. The summed E-state index contributed by atoms with van der Waals surface area (Å²) < 4.78 is 2.03. The molecule has 0 aliphatic carbocycles. The Morgan fingerprint density at radius 1 is 1.09 bits per heavy atom. The van der Waals surface area contributed by atoms with Crippen LogP contribution in [0, 0.1) is 0 Å². The molecular weight excluding hydrogens is 426 g/mol. The Morgan fingerprint density at radius 2 is 1.82 bits per heavy atom. The van der Waals surface area contributed by atoms with Crippen LogP contribution in [0.1, 0.15) is 43.6 Å². The van der Waals surface area contributed by atoms with Crippen LogP contribution >= 0.6 is 0 Å². The molecule has 0 fully saturated rings. The normalized spacial score (nSPS) is 13.1. The van der Waals surface area contributed by atoms with Crippen LogP contribution in [0.25, 0.3) is 10.9 Å². The zero-order valence-corrected chi connectivity index (χ0v) is 20.6. The summed E-state index contributed by atoms with van der Waals surface area (Å²) >= 11 is 0. The van der Waals surface area contributed by atoms with Crippen molar-refractivity contribution in [2.75, 3.05) is 0 Å². The number of carbonyl (C=O) groups excluding carboxylic acids is 2. The number of nitrogens with zero attached hydrogens (tertiary/aromatic N) is 1. The van der Waals surface area contributed by atoms with Gasteiger partial charge in [-0.15, -0.1) is 0 Å². The average Bonchev–Trinajstić information content (AvgIpc) is 3.14. The Morgan fingerprint density at radius 3 is 2.44 bits per heavy atom. The minimum absolute atomic E-state index is 0.427. The fraction of sp³-hybridized carbons (Fsp3) is 0.214. The summed E-state index contributed by atoms with van der Waals surface area (Å²) in [5.41, 5.74) is 12.7. The van der Waals surface area contributed by atoms with Gasteiger partial charge in [0.25, 0.3) is 5.91 Å². The van der Waals surface area contributed by atoms with Crippen LogP contribution in [0.2, 0.25) is 0 Å². The second kappa shape index (κ2) is 15.0. The highest BCUT2D eigenvalue weighted by molar-refractivity contribution is 5.98. The minimum atomic E-state index is -0.513. The molecule has 1 heterocycles. The lowest BCUT2D eigenvalue weighted by atomic mass is 10.0. The highest BCUT2D eigenvalue weighted by Gasteiger charge is 2.11. The van der Waals surface area contributed by atoms with Gasteiger partial charge in [-0.05, 0) is 75.6 Å². The number of benzene rings is 1. The first-order valence-electron chi connectivity index (χ1n) is 11.0. The molecule has 0 atom stereocenters. The number of amides is 1. The second-order valence-electron chi connectivity index (χ2n) is 7.73. The molecule has 6 nitrogen and oxygen atoms in total. The van der Waals surface area contributed by atoms with Gasteiger partial charge in [0.2, 0.25) is 0 Å². The molecule has 34 heavy (non-hydrogen) atoms. The molecule has 6 heteroatoms. The van der Waals surface area contributed by atoms with Gasteiger partial charge >= 0.3 is 0 Å². The highest BCUT2D eigenvalue weighted by Crippen LogP contribution is 2.24. The molecule has 4 N–H and O–H groups in total. The number of rotatable bonds is 8. The molecule has 0 spiro atoms. The molecule has 0 saturated carbocycles. The number of aryl methyl sites for hydroxylation is 1. The van der Waals surface area contributed by atoms with Gasteiger partial charge in [-0.2, -0.15) is 0 Å². The van der Waals surface area contributed by atoms with Crippen molar-refractivity contribution >= 4 is 23.1 Å². The summed E-state index contributed by atoms with van der Waals surface area (Å²) in [5, 5.41) is 9.81. The zero-order valence-electron chi connectivity index (χ0n) is 20.6. The first-order valence-corrected chi connectivity index (χ1v) is 11.0. The predicted molar refractivity (Wildman–Crippen MR) is 140 cm³/mol. The van der Waals surface area contributed by atoms with Crippen molar-refractivity contribution in [3.63, 3.8) is 0 Å². The van der Waals surface area contributed by atoms with E-state index in [-0.39, 0.29) is 0 Å². The van der Waals surface area contributed by atoms with Crippen molar-refractivity contribution in [2.24, 2.45) is 12.8 Å². The SMILES string of the molecule is C\C=C/C(N)=C\C=C(/C)Cc1cn(C)c2ccc(C(=O)NO)cc12.C\C=C/C=C\C=C(/C)C=O. The maximum absolute atomic E-state index is 11.6. The molecule has 0 aliphatic rings. The number of fused-ring (bicyclic) bond motifs is 1. The Labute approximate surface area is 202 Å². The molecule has 180 valence electrons. The van der Waals surface area contributed by atoms with Crippen LogP contribution < -0.4 is 11.2 Å². The summed E-state index contributed by atoms with van der Waals surface area (Å²) in [4.78, 5) is 21.7. The largest absolute Gasteiger partial charge is 0.399 e. The first-order chi connectivity index (χ1) is 16.3. The van der Waals surface area contributed by atoms with E-state index < -0.39 is 5.91 Å². The highest BCUT2D eigenvalue weighted by atomic mass is 16.5. The van der Waals surface area contributed by atoms with E-state index in [0.717, 1.165) is 40.3 Å². The van der Waals surface area contributed by atoms with Gasteiger partial charge in [-0.1, -0.05) is 48.1 Å². The number of allylic oxidation sites excluding steroid dienone is 11. The number of hydrogen-bond acceptors (Lipinski definition) is 4. The van der Waals surface area contributed by atoms with Crippen LogP contribution in [0.5, 0.6) is 0 Å². The number of aldehydes is 1. The Hall–Kier alpha value is -3.90. The molecule has 0 radical (unpaired) electrons. The van der Waals surface area contributed by atoms with Gasteiger partial charge in [0.15, 0.2) is 0 Å². The fourth-order valence-corrected chi connectivity index (χ4v) is 3.09. The topological polar surface area (TPSA) is 97.3 Å². The zero-order chi connectivity index (χ0) is 25.5. The lowest BCUT2D eigenvalue weighted by molar-refractivity contribution is -0.104. The summed E-state index contributed by atoms with van der Waals surface area (Å²) in [6.07, 6.45) is 20.6. The van der Waals surface area contributed by atoms with E-state index in [9.17, 15) is 9.59 Å². The van der Waals surface area contributed by atoms with E-state index in [1.54, 1.807) is 30.6 Å². The van der Waals surface area contributed by atoms with Crippen LogP contribution in [0.3, 0.4) is 0 Å². The van der Waals surface area contributed by atoms with E-state index in [2.05, 4.69) is 6.20 Å². The maximum atomic E-state index is 11.6. The third-order valence-electron chi connectivity index (χ3n) is 4.78. The Balaban J connectivity index is 0.000000489. The van der Waals surface area contributed by atoms with Gasteiger partial charge in [0.05, 0.1) is 0 Å². The van der Waals surface area contributed by atoms with Crippen LogP contribution in [0.4, 0.5) is 0 Å². The molecule has 0 unspecified atom stereocenters. The van der Waals surface area contributed by atoms with E-state index in [1.807, 2.05) is 87.1 Å². The monoisotopic (exact) mass is 461 g/mol. The molecule has 1 aromatic heterocycles. The number of aromatic nitrogens is 1. The Kier molecular flexibility index (Phi) is 12.4. The van der Waals surface area contributed by atoms with Crippen molar-refractivity contribution in [1.29, 1.82) is 0 Å². The van der Waals surface area contributed by atoms with Crippen molar-refractivity contribution in [2.45, 2.75) is 34.1 Å². The number of nitrogens with two attached hydrogens (primary N) is 1. The molecule has 0 aliphatic heterocycles. The van der Waals surface area contributed by atoms with Gasteiger partial charge in [-0.3, -0.25) is 14.8 Å². The van der Waals surface area contributed by atoms with E-state index in [4.69, 9.17) is 10.9 Å². The van der Waals surface area contributed by atoms with Gasteiger partial charge < -0.3 is 10.3 Å². The third-order valence-corrected chi connectivity index (χ3v) is 4.78. The summed E-state index contributed by atoms with van der Waals surface area (Å²) in [5.74, 6) is -0.513. The minimum Gasteiger partial charge on any atom is -0.399 e. The van der Waals surface area contributed by atoms with Crippen LogP contribution in [-0.4, -0.2) is 22.0 Å². The average molecular weight is 462 g/mol. The van der Waals surface area contributed by atoms with Gasteiger partial charge in [0, 0.05) is 35.4 Å². The second-order valence-corrected chi connectivity index (χ2v) is 7.73. The van der Waals surface area contributed by atoms with Crippen molar-refractivity contribution < 1.29 is 14.8 Å². The van der Waals surface area contributed by atoms with Gasteiger partial charge in [0.1, 0.15) is 6.29 Å². The molecule has 1 aromatic carbocycles. The standard InChI is InChI=1S/C19H23N3O2.C9H12O/c1-4-5-16(20)8-6-13(2)10-15-12-22(3)18-9-7-14(11-17(15)18)19(23)21-24;1-3-4-5-6-7-9(2)8-10/h4-9,11-12,24H,10,20H2,1-3H3,(H,21,23);3-8H,1-2H3/b5-4-,13-6+,16-8+;4-3-,6-5-,9-7+. The maximum Gasteiger partial charge on any atom is 0.274 e.